The first-order chi connectivity index (χ1) is 20.4. The molecule has 5 N–H and O–H groups in total. The van der Waals surface area contributed by atoms with E-state index in [-0.39, 0.29) is 24.3 Å². The molecular weight excluding hydrogens is 606 g/mol. The molecule has 18 heteroatoms. The summed E-state index contributed by atoms with van der Waals surface area (Å²) in [5.41, 5.74) is -0.829. The van der Waals surface area contributed by atoms with Crippen LogP contribution in [0.15, 0.2) is 0 Å². The maximum atomic E-state index is 12.8. The fourth-order valence-corrected chi connectivity index (χ4v) is 4.26. The van der Waals surface area contributed by atoms with E-state index in [0.717, 1.165) is 33.1 Å². The first-order valence-corrected chi connectivity index (χ1v) is 14.5. The van der Waals surface area contributed by atoms with Crippen LogP contribution in [-0.2, 0) is 52.5 Å². The number of amides is 5. The molecule has 0 spiro atoms. The summed E-state index contributed by atoms with van der Waals surface area (Å²) < 4.78 is 19.1. The molecule has 250 valence electrons. The van der Waals surface area contributed by atoms with Crippen molar-refractivity contribution in [3.63, 3.8) is 0 Å². The summed E-state index contributed by atoms with van der Waals surface area (Å²) in [4.78, 5) is 97.3. The fourth-order valence-electron chi connectivity index (χ4n) is 3.20. The zero-order valence-electron chi connectivity index (χ0n) is 26.2. The average molecular weight is 650 g/mol. The van der Waals surface area contributed by atoms with Crippen molar-refractivity contribution in [1.82, 2.24) is 26.6 Å². The molecule has 17 nitrogen and oxygen atoms in total. The standard InChI is InChI=1S/C26H43N5O12S/c1-14(28-15(2)32)21(35)30-16(23(37)41-7)9-10-19(33)29-17(22(36)27-11-20(34)40-6)12-44-13-18(24(38)42-8)31-25(39)43-26(3,4)5/h14,16-18H,9-13H2,1-8H3,(H,27,36)(H,28,32)(H,29,33)(H,30,35)(H,31,39)/t14-,16+,17+,18-/m0/s1. The van der Waals surface area contributed by atoms with Gasteiger partial charge in [0.1, 0.15) is 36.3 Å². The van der Waals surface area contributed by atoms with Gasteiger partial charge in [0.05, 0.1) is 21.3 Å². The number of carbonyl (C=O) groups is 8. The summed E-state index contributed by atoms with van der Waals surface area (Å²) >= 11 is 1.00. The molecule has 0 unspecified atom stereocenters. The highest BCUT2D eigenvalue weighted by Crippen LogP contribution is 2.11. The first-order valence-electron chi connectivity index (χ1n) is 13.4. The summed E-state index contributed by atoms with van der Waals surface area (Å²) in [7, 11) is 3.35. The SMILES string of the molecule is COC(=O)CNC(=O)[C@@H](CSC[C@H](NC(=O)OC(C)(C)C)C(=O)OC)NC(=O)CC[C@@H](NC(=O)[C@H](C)NC(C)=O)C(=O)OC. The Bertz CT molecular complexity index is 1050. The number of hydrogen-bond donors (Lipinski definition) is 5. The van der Waals surface area contributed by atoms with Crippen LogP contribution >= 0.6 is 11.8 Å². The number of thioether (sulfide) groups is 1. The Morgan fingerprint density at radius 1 is 0.727 bits per heavy atom. The third kappa shape index (κ3) is 17.1. The van der Waals surface area contributed by atoms with Crippen molar-refractivity contribution in [1.29, 1.82) is 0 Å². The third-order valence-electron chi connectivity index (χ3n) is 5.31. The predicted molar refractivity (Wildman–Crippen MR) is 156 cm³/mol. The van der Waals surface area contributed by atoms with Gasteiger partial charge in [-0.3, -0.25) is 24.0 Å². The van der Waals surface area contributed by atoms with Gasteiger partial charge < -0.3 is 45.5 Å². The maximum Gasteiger partial charge on any atom is 0.408 e. The Hall–Kier alpha value is -4.09. The molecule has 0 heterocycles. The molecule has 0 aliphatic carbocycles. The lowest BCUT2D eigenvalue weighted by atomic mass is 10.1. The van der Waals surface area contributed by atoms with E-state index in [1.807, 2.05) is 0 Å². The molecule has 0 bridgehead atoms. The van der Waals surface area contributed by atoms with Crippen LogP contribution in [0.2, 0.25) is 0 Å². The molecule has 0 radical (unpaired) electrons. The number of hydrogen-bond acceptors (Lipinski definition) is 13. The highest BCUT2D eigenvalue weighted by Gasteiger charge is 2.29. The molecule has 5 amide bonds. The molecule has 0 rings (SSSR count). The second-order valence-electron chi connectivity index (χ2n) is 10.2. The van der Waals surface area contributed by atoms with Gasteiger partial charge in [-0.05, 0) is 34.1 Å². The lowest BCUT2D eigenvalue weighted by Gasteiger charge is -2.23. The van der Waals surface area contributed by atoms with Crippen LogP contribution in [0.3, 0.4) is 0 Å². The minimum Gasteiger partial charge on any atom is -0.468 e. The van der Waals surface area contributed by atoms with E-state index < -0.39 is 83.9 Å². The summed E-state index contributed by atoms with van der Waals surface area (Å²) in [6.07, 6.45) is -1.43. The molecule has 0 aromatic rings. The van der Waals surface area contributed by atoms with E-state index in [9.17, 15) is 38.4 Å². The van der Waals surface area contributed by atoms with Crippen LogP contribution in [0, 0.1) is 0 Å². The van der Waals surface area contributed by atoms with Crippen molar-refractivity contribution in [2.45, 2.75) is 77.2 Å². The van der Waals surface area contributed by atoms with Crippen molar-refractivity contribution < 1.29 is 57.3 Å². The van der Waals surface area contributed by atoms with Crippen LogP contribution in [0.5, 0.6) is 0 Å². The van der Waals surface area contributed by atoms with Crippen molar-refractivity contribution in [3.05, 3.63) is 0 Å². The molecule has 0 fully saturated rings. The molecule has 4 atom stereocenters. The quantitative estimate of drug-likeness (QED) is 0.0895. The summed E-state index contributed by atoms with van der Waals surface area (Å²) in [6, 6.07) is -4.59. The number of nitrogens with one attached hydrogen (secondary N) is 5. The normalized spacial score (nSPS) is 13.5. The van der Waals surface area contributed by atoms with E-state index in [4.69, 9.17) is 9.47 Å². The number of methoxy groups -OCH3 is 3. The Morgan fingerprint density at radius 2 is 1.30 bits per heavy atom. The van der Waals surface area contributed by atoms with E-state index >= 15 is 0 Å². The Labute approximate surface area is 259 Å². The largest absolute Gasteiger partial charge is 0.468 e. The van der Waals surface area contributed by atoms with Crippen molar-refractivity contribution in [2.75, 3.05) is 39.4 Å². The molecule has 44 heavy (non-hydrogen) atoms. The van der Waals surface area contributed by atoms with E-state index in [0.29, 0.717) is 0 Å². The van der Waals surface area contributed by atoms with Crippen LogP contribution in [0.1, 0.15) is 47.5 Å². The van der Waals surface area contributed by atoms with Crippen molar-refractivity contribution in [3.8, 4) is 0 Å². The van der Waals surface area contributed by atoms with Gasteiger partial charge in [-0.25, -0.2) is 14.4 Å². The molecule has 0 aromatic carbocycles. The Balaban J connectivity index is 5.51. The molecule has 0 aliphatic heterocycles. The van der Waals surface area contributed by atoms with Gasteiger partial charge >= 0.3 is 24.0 Å². The highest BCUT2D eigenvalue weighted by atomic mass is 32.2. The minimum absolute atomic E-state index is 0.0779. The number of ether oxygens (including phenoxy) is 4. The molecular formula is C26H43N5O12S. The zero-order valence-corrected chi connectivity index (χ0v) is 27.0. The second kappa shape index (κ2) is 20.0. The lowest BCUT2D eigenvalue weighted by Crippen LogP contribution is -2.51. The average Bonchev–Trinajstić information content (AvgIpc) is 2.94. The fraction of sp³-hybridized carbons (Fsp3) is 0.692. The maximum absolute atomic E-state index is 12.8. The van der Waals surface area contributed by atoms with Gasteiger partial charge in [0.15, 0.2) is 0 Å². The van der Waals surface area contributed by atoms with E-state index in [1.54, 1.807) is 20.8 Å². The predicted octanol–water partition coefficient (Wildman–Crippen LogP) is -1.48. The minimum atomic E-state index is -1.24. The third-order valence-corrected chi connectivity index (χ3v) is 6.45. The Kier molecular flexibility index (Phi) is 18.1. The topological polar surface area (TPSA) is 234 Å². The zero-order chi connectivity index (χ0) is 34.0. The molecule has 0 aliphatic rings. The van der Waals surface area contributed by atoms with Crippen LogP contribution in [-0.4, -0.2) is 117 Å². The van der Waals surface area contributed by atoms with Gasteiger partial charge in [0.2, 0.25) is 23.6 Å². The molecule has 0 aromatic heterocycles. The van der Waals surface area contributed by atoms with Crippen LogP contribution < -0.4 is 26.6 Å². The van der Waals surface area contributed by atoms with E-state index in [1.165, 1.54) is 13.8 Å². The number of esters is 3. The van der Waals surface area contributed by atoms with Gasteiger partial charge in [-0.2, -0.15) is 11.8 Å². The number of rotatable bonds is 17. The number of alkyl carbamates (subject to hydrolysis) is 1. The highest BCUT2D eigenvalue weighted by molar-refractivity contribution is 7.99. The van der Waals surface area contributed by atoms with Crippen LogP contribution in [0.25, 0.3) is 0 Å². The van der Waals surface area contributed by atoms with Crippen molar-refractivity contribution >= 4 is 59.4 Å². The van der Waals surface area contributed by atoms with Gasteiger partial charge in [0, 0.05) is 24.9 Å². The summed E-state index contributed by atoms with van der Waals surface area (Å²) in [6.45, 7) is 7.06. The van der Waals surface area contributed by atoms with Crippen LogP contribution in [0.4, 0.5) is 4.79 Å². The first kappa shape index (κ1) is 39.9. The van der Waals surface area contributed by atoms with Gasteiger partial charge in [-0.15, -0.1) is 0 Å². The Morgan fingerprint density at radius 3 is 1.82 bits per heavy atom. The smallest absolute Gasteiger partial charge is 0.408 e. The molecule has 0 saturated carbocycles. The van der Waals surface area contributed by atoms with Gasteiger partial charge in [-0.1, -0.05) is 0 Å². The lowest BCUT2D eigenvalue weighted by molar-refractivity contribution is -0.145. The summed E-state index contributed by atoms with van der Waals surface area (Å²) in [5.74, 6) is -5.15. The number of carbonyl (C=O) groups excluding carboxylic acids is 8. The summed E-state index contributed by atoms with van der Waals surface area (Å²) in [5, 5.41) is 12.0. The van der Waals surface area contributed by atoms with Crippen molar-refractivity contribution in [2.24, 2.45) is 0 Å². The van der Waals surface area contributed by atoms with E-state index in [2.05, 4.69) is 36.1 Å². The second-order valence-corrected chi connectivity index (χ2v) is 11.3. The van der Waals surface area contributed by atoms with Gasteiger partial charge in [0.25, 0.3) is 0 Å². The monoisotopic (exact) mass is 649 g/mol. The molecule has 0 saturated heterocycles.